The van der Waals surface area contributed by atoms with E-state index in [1.165, 1.54) is 10.5 Å². The molecule has 0 fully saturated rings. The molecular weight excluding hydrogens is 278 g/mol. The van der Waals surface area contributed by atoms with Gasteiger partial charge in [-0.2, -0.15) is 0 Å². The van der Waals surface area contributed by atoms with E-state index in [2.05, 4.69) is 44.5 Å². The fraction of sp³-hybridized carbons (Fsp3) is 0.176. The molecule has 0 amide bonds. The summed E-state index contributed by atoms with van der Waals surface area (Å²) >= 11 is 1.82. The predicted molar refractivity (Wildman–Crippen MR) is 88.7 cm³/mol. The zero-order chi connectivity index (χ0) is 14.1. The first kappa shape index (κ1) is 12.5. The molecule has 104 valence electrons. The van der Waals surface area contributed by atoms with Crippen LogP contribution in [0, 0.1) is 0 Å². The van der Waals surface area contributed by atoms with E-state index in [-0.39, 0.29) is 0 Å². The number of aromatic nitrogens is 2. The number of hydrogen-bond acceptors (Lipinski definition) is 4. The van der Waals surface area contributed by atoms with E-state index in [1.54, 1.807) is 6.33 Å². The molecular formula is C17H15N3S. The van der Waals surface area contributed by atoms with E-state index in [0.29, 0.717) is 0 Å². The lowest BCUT2D eigenvalue weighted by Crippen LogP contribution is -2.29. The summed E-state index contributed by atoms with van der Waals surface area (Å²) in [5, 5.41) is 3.27. The largest absolute Gasteiger partial charge is 0.352 e. The van der Waals surface area contributed by atoms with Crippen LogP contribution < -0.4 is 4.90 Å². The number of fused-ring (bicyclic) bond motifs is 1. The highest BCUT2D eigenvalue weighted by Crippen LogP contribution is 2.29. The molecule has 0 radical (unpaired) electrons. The predicted octanol–water partition coefficient (Wildman–Crippen LogP) is 3.99. The van der Waals surface area contributed by atoms with Gasteiger partial charge in [-0.1, -0.05) is 24.3 Å². The number of nitrogens with zero attached hydrogens (tertiary/aromatic N) is 3. The van der Waals surface area contributed by atoms with E-state index >= 15 is 0 Å². The van der Waals surface area contributed by atoms with Crippen molar-refractivity contribution >= 4 is 33.6 Å². The number of hydrogen-bond donors (Lipinski definition) is 0. The van der Waals surface area contributed by atoms with Gasteiger partial charge < -0.3 is 4.90 Å². The number of anilines is 1. The topological polar surface area (TPSA) is 29.0 Å². The maximum absolute atomic E-state index is 4.51. The second kappa shape index (κ2) is 5.30. The van der Waals surface area contributed by atoms with Crippen molar-refractivity contribution < 1.29 is 0 Å². The van der Waals surface area contributed by atoms with Gasteiger partial charge in [0.2, 0.25) is 0 Å². The van der Waals surface area contributed by atoms with Gasteiger partial charge in [-0.25, -0.2) is 9.97 Å². The molecule has 0 spiro atoms. The van der Waals surface area contributed by atoms with Crippen molar-refractivity contribution in [3.63, 3.8) is 0 Å². The first-order valence-electron chi connectivity index (χ1n) is 7.09. The van der Waals surface area contributed by atoms with Crippen LogP contribution in [0.5, 0.6) is 0 Å². The Morgan fingerprint density at radius 2 is 2.00 bits per heavy atom. The summed E-state index contributed by atoms with van der Waals surface area (Å²) in [6.07, 6.45) is 5.06. The summed E-state index contributed by atoms with van der Waals surface area (Å²) in [6, 6.07) is 12.5. The Morgan fingerprint density at radius 3 is 2.81 bits per heavy atom. The average molecular weight is 293 g/mol. The van der Waals surface area contributed by atoms with Crippen LogP contribution in [0.4, 0.5) is 5.82 Å². The van der Waals surface area contributed by atoms with Gasteiger partial charge >= 0.3 is 0 Å². The van der Waals surface area contributed by atoms with Gasteiger partial charge in [0.25, 0.3) is 0 Å². The SMILES string of the molecule is C1=C(c2cccs2)CCN(c2ncnc3ccccc23)C1. The summed E-state index contributed by atoms with van der Waals surface area (Å²) in [6.45, 7) is 1.92. The molecule has 0 saturated carbocycles. The van der Waals surface area contributed by atoms with Crippen LogP contribution in [0.2, 0.25) is 0 Å². The molecule has 3 heterocycles. The lowest BCUT2D eigenvalue weighted by molar-refractivity contribution is 0.820. The first-order chi connectivity index (χ1) is 10.4. The molecule has 0 saturated heterocycles. The third kappa shape index (κ3) is 2.32. The normalized spacial score (nSPS) is 15.2. The first-order valence-corrected chi connectivity index (χ1v) is 7.97. The highest BCUT2D eigenvalue weighted by Gasteiger charge is 2.16. The van der Waals surface area contributed by atoms with Crippen LogP contribution in [0.3, 0.4) is 0 Å². The van der Waals surface area contributed by atoms with Crippen LogP contribution in [-0.2, 0) is 0 Å². The van der Waals surface area contributed by atoms with Crippen molar-refractivity contribution in [2.24, 2.45) is 0 Å². The molecule has 3 nitrogen and oxygen atoms in total. The molecule has 21 heavy (non-hydrogen) atoms. The molecule has 4 rings (SSSR count). The van der Waals surface area contributed by atoms with Gasteiger partial charge in [-0.15, -0.1) is 11.3 Å². The van der Waals surface area contributed by atoms with Crippen molar-refractivity contribution in [1.82, 2.24) is 9.97 Å². The van der Waals surface area contributed by atoms with Gasteiger partial charge in [-0.05, 0) is 35.6 Å². The molecule has 2 aromatic heterocycles. The Kier molecular flexibility index (Phi) is 3.16. The number of benzene rings is 1. The summed E-state index contributed by atoms with van der Waals surface area (Å²) in [4.78, 5) is 12.6. The third-order valence-electron chi connectivity index (χ3n) is 3.87. The second-order valence-electron chi connectivity index (χ2n) is 5.12. The summed E-state index contributed by atoms with van der Waals surface area (Å²) < 4.78 is 0. The standard InChI is InChI=1S/C17H15N3S/c1-2-5-15-14(4-1)17(19-12-18-15)20-9-7-13(8-10-20)16-6-3-11-21-16/h1-7,11-12H,8-10H2. The zero-order valence-electron chi connectivity index (χ0n) is 11.6. The molecule has 0 unspecified atom stereocenters. The smallest absolute Gasteiger partial charge is 0.140 e. The minimum absolute atomic E-state index is 0.911. The molecule has 0 N–H and O–H groups in total. The quantitative estimate of drug-likeness (QED) is 0.715. The Bertz CT molecular complexity index is 787. The van der Waals surface area contributed by atoms with Crippen molar-refractivity contribution in [3.8, 4) is 0 Å². The lowest BCUT2D eigenvalue weighted by Gasteiger charge is -2.27. The molecule has 0 atom stereocenters. The van der Waals surface area contributed by atoms with Crippen LogP contribution in [0.15, 0.2) is 54.2 Å². The van der Waals surface area contributed by atoms with Crippen LogP contribution in [0.1, 0.15) is 11.3 Å². The third-order valence-corrected chi connectivity index (χ3v) is 4.81. The number of para-hydroxylation sites is 1. The van der Waals surface area contributed by atoms with E-state index in [1.807, 2.05) is 29.5 Å². The van der Waals surface area contributed by atoms with E-state index in [4.69, 9.17) is 0 Å². The van der Waals surface area contributed by atoms with Crippen molar-refractivity contribution in [1.29, 1.82) is 0 Å². The van der Waals surface area contributed by atoms with Crippen molar-refractivity contribution in [2.45, 2.75) is 6.42 Å². The molecule has 1 aliphatic rings. The Morgan fingerprint density at radius 1 is 1.05 bits per heavy atom. The van der Waals surface area contributed by atoms with E-state index in [9.17, 15) is 0 Å². The highest BCUT2D eigenvalue weighted by atomic mass is 32.1. The number of rotatable bonds is 2. The fourth-order valence-electron chi connectivity index (χ4n) is 2.79. The van der Waals surface area contributed by atoms with Gasteiger partial charge in [0.1, 0.15) is 12.1 Å². The Hall–Kier alpha value is -2.20. The Labute approximate surface area is 127 Å². The summed E-state index contributed by atoms with van der Waals surface area (Å²) in [5.74, 6) is 1.04. The lowest BCUT2D eigenvalue weighted by atomic mass is 10.1. The average Bonchev–Trinajstić information content (AvgIpc) is 3.09. The van der Waals surface area contributed by atoms with Crippen LogP contribution in [-0.4, -0.2) is 23.1 Å². The summed E-state index contributed by atoms with van der Waals surface area (Å²) in [5.41, 5.74) is 2.47. The van der Waals surface area contributed by atoms with E-state index < -0.39 is 0 Å². The minimum Gasteiger partial charge on any atom is -0.352 e. The molecule has 3 aromatic rings. The fourth-order valence-corrected chi connectivity index (χ4v) is 3.59. The minimum atomic E-state index is 0.911. The van der Waals surface area contributed by atoms with Gasteiger partial charge in [0.05, 0.1) is 5.52 Å². The summed E-state index contributed by atoms with van der Waals surface area (Å²) in [7, 11) is 0. The van der Waals surface area contributed by atoms with Crippen LogP contribution in [0.25, 0.3) is 16.5 Å². The van der Waals surface area contributed by atoms with Crippen molar-refractivity contribution in [2.75, 3.05) is 18.0 Å². The maximum atomic E-state index is 4.51. The molecule has 1 aromatic carbocycles. The van der Waals surface area contributed by atoms with E-state index in [0.717, 1.165) is 36.2 Å². The van der Waals surface area contributed by atoms with Crippen LogP contribution >= 0.6 is 11.3 Å². The van der Waals surface area contributed by atoms with Gasteiger partial charge in [-0.3, -0.25) is 0 Å². The Balaban J connectivity index is 1.66. The second-order valence-corrected chi connectivity index (χ2v) is 6.06. The molecule has 1 aliphatic heterocycles. The molecule has 0 bridgehead atoms. The molecule has 0 aliphatic carbocycles. The monoisotopic (exact) mass is 293 g/mol. The zero-order valence-corrected chi connectivity index (χ0v) is 12.4. The maximum Gasteiger partial charge on any atom is 0.140 e. The van der Waals surface area contributed by atoms with Crippen molar-refractivity contribution in [3.05, 3.63) is 59.1 Å². The van der Waals surface area contributed by atoms with Gasteiger partial charge in [0, 0.05) is 23.4 Å². The molecule has 4 heteroatoms. The van der Waals surface area contributed by atoms with Gasteiger partial charge in [0.15, 0.2) is 0 Å². The number of thiophene rings is 1. The highest BCUT2D eigenvalue weighted by molar-refractivity contribution is 7.11.